The Morgan fingerprint density at radius 3 is 2.92 bits per heavy atom. The molecule has 0 aliphatic carbocycles. The van der Waals surface area contributed by atoms with Crippen LogP contribution in [0.15, 0.2) is 24.5 Å². The van der Waals surface area contributed by atoms with Gasteiger partial charge in [0.2, 0.25) is 0 Å². The van der Waals surface area contributed by atoms with E-state index in [0.717, 1.165) is 11.3 Å². The van der Waals surface area contributed by atoms with E-state index in [-0.39, 0.29) is 0 Å². The van der Waals surface area contributed by atoms with Gasteiger partial charge < -0.3 is 5.73 Å². The molecule has 0 saturated carbocycles. The number of nitrogen functional groups attached to an aromatic ring is 1. The molecule has 66 valence electrons. The van der Waals surface area contributed by atoms with Crippen LogP contribution in [0, 0.1) is 0 Å². The van der Waals surface area contributed by atoms with E-state index >= 15 is 0 Å². The number of nitrogens with two attached hydrogens (primary N) is 1. The summed E-state index contributed by atoms with van der Waals surface area (Å²) in [5.74, 6) is 0.475. The molecule has 0 aromatic carbocycles. The van der Waals surface area contributed by atoms with Crippen molar-refractivity contribution in [2.75, 3.05) is 5.73 Å². The minimum absolute atomic E-state index is 0.475. The lowest BCUT2D eigenvalue weighted by molar-refractivity contribution is 0.715. The third-order valence-electron chi connectivity index (χ3n) is 1.72. The fraction of sp³-hybridized carbons (Fsp3) is 0.125. The predicted octanol–water partition coefficient (Wildman–Crippen LogP) is 0.459. The number of aryl methyl sites for hydroxylation is 1. The van der Waals surface area contributed by atoms with Crippen LogP contribution in [-0.4, -0.2) is 20.0 Å². The molecular weight excluding hydrogens is 166 g/mol. The van der Waals surface area contributed by atoms with Gasteiger partial charge in [0, 0.05) is 18.8 Å². The quantitative estimate of drug-likeness (QED) is 0.683. The molecule has 13 heavy (non-hydrogen) atoms. The minimum Gasteiger partial charge on any atom is -0.383 e. The van der Waals surface area contributed by atoms with E-state index < -0.39 is 0 Å². The van der Waals surface area contributed by atoms with Crippen LogP contribution in [0.5, 0.6) is 0 Å². The van der Waals surface area contributed by atoms with Crippen LogP contribution in [0.25, 0.3) is 11.3 Å². The second kappa shape index (κ2) is 2.85. The molecule has 0 spiro atoms. The lowest BCUT2D eigenvalue weighted by atomic mass is 10.2. The standard InChI is InChI=1S/C8H9N5/c1-13-5-7(11-12-13)6-3-2-4-10-8(6)9/h2-5H,1H3,(H2,9,10). The maximum absolute atomic E-state index is 5.67. The zero-order valence-corrected chi connectivity index (χ0v) is 7.18. The van der Waals surface area contributed by atoms with Gasteiger partial charge in [0.05, 0.1) is 6.20 Å². The van der Waals surface area contributed by atoms with Crippen molar-refractivity contribution in [1.29, 1.82) is 0 Å². The summed E-state index contributed by atoms with van der Waals surface area (Å²) in [6.45, 7) is 0. The summed E-state index contributed by atoms with van der Waals surface area (Å²) in [6.07, 6.45) is 3.45. The molecule has 2 rings (SSSR count). The number of aromatic nitrogens is 4. The zero-order valence-electron chi connectivity index (χ0n) is 7.18. The molecule has 5 nitrogen and oxygen atoms in total. The maximum Gasteiger partial charge on any atom is 0.132 e. The highest BCUT2D eigenvalue weighted by Crippen LogP contribution is 2.19. The van der Waals surface area contributed by atoms with Crippen LogP contribution >= 0.6 is 0 Å². The van der Waals surface area contributed by atoms with Gasteiger partial charge in [0.1, 0.15) is 11.5 Å². The summed E-state index contributed by atoms with van der Waals surface area (Å²) < 4.78 is 1.63. The molecule has 0 amide bonds. The van der Waals surface area contributed by atoms with Crippen molar-refractivity contribution in [1.82, 2.24) is 20.0 Å². The highest BCUT2D eigenvalue weighted by atomic mass is 15.4. The third kappa shape index (κ3) is 1.35. The van der Waals surface area contributed by atoms with Gasteiger partial charge in [-0.15, -0.1) is 5.10 Å². The summed E-state index contributed by atoms with van der Waals surface area (Å²) in [6, 6.07) is 3.69. The number of anilines is 1. The van der Waals surface area contributed by atoms with Crippen molar-refractivity contribution in [2.45, 2.75) is 0 Å². The Hall–Kier alpha value is -1.91. The van der Waals surface area contributed by atoms with Crippen molar-refractivity contribution in [3.63, 3.8) is 0 Å². The van der Waals surface area contributed by atoms with Gasteiger partial charge >= 0.3 is 0 Å². The number of rotatable bonds is 1. The molecular formula is C8H9N5. The lowest BCUT2D eigenvalue weighted by Gasteiger charge is -1.97. The second-order valence-electron chi connectivity index (χ2n) is 2.71. The molecule has 0 fully saturated rings. The Morgan fingerprint density at radius 2 is 2.31 bits per heavy atom. The lowest BCUT2D eigenvalue weighted by Crippen LogP contribution is -1.92. The first-order valence-corrected chi connectivity index (χ1v) is 3.84. The largest absolute Gasteiger partial charge is 0.383 e. The highest BCUT2D eigenvalue weighted by molar-refractivity contribution is 5.69. The number of hydrogen-bond acceptors (Lipinski definition) is 4. The molecule has 0 radical (unpaired) electrons. The zero-order chi connectivity index (χ0) is 9.26. The Labute approximate surface area is 75.2 Å². The number of nitrogens with zero attached hydrogens (tertiary/aromatic N) is 4. The van der Waals surface area contributed by atoms with E-state index in [1.165, 1.54) is 0 Å². The summed E-state index contributed by atoms with van der Waals surface area (Å²) in [7, 11) is 1.81. The second-order valence-corrected chi connectivity index (χ2v) is 2.71. The fourth-order valence-electron chi connectivity index (χ4n) is 1.10. The van der Waals surface area contributed by atoms with E-state index in [0.29, 0.717) is 5.82 Å². The Balaban J connectivity index is 2.52. The number of pyridine rings is 1. The smallest absolute Gasteiger partial charge is 0.132 e. The topological polar surface area (TPSA) is 69.6 Å². The molecule has 0 unspecified atom stereocenters. The minimum atomic E-state index is 0.475. The molecule has 0 saturated heterocycles. The van der Waals surface area contributed by atoms with E-state index in [1.54, 1.807) is 17.1 Å². The van der Waals surface area contributed by atoms with E-state index in [1.807, 2.05) is 19.2 Å². The van der Waals surface area contributed by atoms with Gasteiger partial charge in [-0.3, -0.25) is 4.68 Å². The van der Waals surface area contributed by atoms with Gasteiger partial charge in [0.25, 0.3) is 0 Å². The number of hydrogen-bond donors (Lipinski definition) is 1. The summed E-state index contributed by atoms with van der Waals surface area (Å²) >= 11 is 0. The van der Waals surface area contributed by atoms with Crippen molar-refractivity contribution in [3.05, 3.63) is 24.5 Å². The summed E-state index contributed by atoms with van der Waals surface area (Å²) in [4.78, 5) is 3.97. The fourth-order valence-corrected chi connectivity index (χ4v) is 1.10. The van der Waals surface area contributed by atoms with Gasteiger partial charge in [-0.1, -0.05) is 5.21 Å². The average Bonchev–Trinajstić information content (AvgIpc) is 2.53. The SMILES string of the molecule is Cn1cc(-c2cccnc2N)nn1. The molecule has 2 N–H and O–H groups in total. The van der Waals surface area contributed by atoms with Crippen molar-refractivity contribution >= 4 is 5.82 Å². The summed E-state index contributed by atoms with van der Waals surface area (Å²) in [5.41, 5.74) is 7.23. The van der Waals surface area contributed by atoms with Gasteiger partial charge in [-0.25, -0.2) is 4.98 Å². The first kappa shape index (κ1) is 7.72. The van der Waals surface area contributed by atoms with Crippen molar-refractivity contribution in [2.24, 2.45) is 7.05 Å². The van der Waals surface area contributed by atoms with Crippen LogP contribution in [0.2, 0.25) is 0 Å². The van der Waals surface area contributed by atoms with Crippen LogP contribution in [0.4, 0.5) is 5.82 Å². The normalized spacial score (nSPS) is 10.2. The van der Waals surface area contributed by atoms with E-state index in [4.69, 9.17) is 5.73 Å². The molecule has 0 atom stereocenters. The molecule has 2 aromatic rings. The van der Waals surface area contributed by atoms with Gasteiger partial charge in [-0.05, 0) is 12.1 Å². The van der Waals surface area contributed by atoms with Crippen LogP contribution in [-0.2, 0) is 7.05 Å². The third-order valence-corrected chi connectivity index (χ3v) is 1.72. The molecule has 0 aliphatic rings. The summed E-state index contributed by atoms with van der Waals surface area (Å²) in [5, 5.41) is 7.76. The van der Waals surface area contributed by atoms with Crippen molar-refractivity contribution in [3.8, 4) is 11.3 Å². The molecule has 5 heteroatoms. The Bertz CT molecular complexity index is 420. The van der Waals surface area contributed by atoms with Crippen molar-refractivity contribution < 1.29 is 0 Å². The van der Waals surface area contributed by atoms with Crippen LogP contribution in [0.1, 0.15) is 0 Å². The molecule has 0 bridgehead atoms. The van der Waals surface area contributed by atoms with Crippen LogP contribution in [0.3, 0.4) is 0 Å². The maximum atomic E-state index is 5.67. The molecule has 2 heterocycles. The first-order chi connectivity index (χ1) is 6.27. The Morgan fingerprint density at radius 1 is 1.46 bits per heavy atom. The van der Waals surface area contributed by atoms with Crippen LogP contribution < -0.4 is 5.73 Å². The molecule has 2 aromatic heterocycles. The highest BCUT2D eigenvalue weighted by Gasteiger charge is 2.05. The average molecular weight is 175 g/mol. The van der Waals surface area contributed by atoms with Gasteiger partial charge in [-0.2, -0.15) is 0 Å². The van der Waals surface area contributed by atoms with E-state index in [9.17, 15) is 0 Å². The van der Waals surface area contributed by atoms with E-state index in [2.05, 4.69) is 15.3 Å². The predicted molar refractivity (Wildman–Crippen MR) is 48.6 cm³/mol. The van der Waals surface area contributed by atoms with Gasteiger partial charge in [0.15, 0.2) is 0 Å². The molecule has 0 aliphatic heterocycles. The Kier molecular flexibility index (Phi) is 1.70. The first-order valence-electron chi connectivity index (χ1n) is 3.84. The monoisotopic (exact) mass is 175 g/mol.